The SMILES string of the molecule is CCOCCC1(CNC(=NC)NCc2ccc(C)cc2)CCCC1.I. The van der Waals surface area contributed by atoms with Gasteiger partial charge in [0.2, 0.25) is 0 Å². The minimum Gasteiger partial charge on any atom is -0.382 e. The van der Waals surface area contributed by atoms with Gasteiger partial charge in [-0.15, -0.1) is 24.0 Å². The molecule has 2 N–H and O–H groups in total. The Bertz CT molecular complexity index is 510. The quantitative estimate of drug-likeness (QED) is 0.264. The molecule has 1 saturated carbocycles. The van der Waals surface area contributed by atoms with Crippen LogP contribution in [0.5, 0.6) is 0 Å². The van der Waals surface area contributed by atoms with E-state index in [4.69, 9.17) is 4.74 Å². The van der Waals surface area contributed by atoms with Crippen LogP contribution in [0, 0.1) is 12.3 Å². The number of hydrogen-bond acceptors (Lipinski definition) is 2. The zero-order valence-electron chi connectivity index (χ0n) is 15.9. The molecule has 0 atom stereocenters. The van der Waals surface area contributed by atoms with E-state index in [2.05, 4.69) is 53.7 Å². The molecule has 25 heavy (non-hydrogen) atoms. The third kappa shape index (κ3) is 7.52. The van der Waals surface area contributed by atoms with Crippen molar-refractivity contribution >= 4 is 29.9 Å². The van der Waals surface area contributed by atoms with E-state index in [1.807, 2.05) is 7.05 Å². The molecule has 142 valence electrons. The molecule has 0 unspecified atom stereocenters. The smallest absolute Gasteiger partial charge is 0.191 e. The Morgan fingerprint density at radius 1 is 1.16 bits per heavy atom. The zero-order chi connectivity index (χ0) is 17.3. The summed E-state index contributed by atoms with van der Waals surface area (Å²) in [5.41, 5.74) is 2.94. The van der Waals surface area contributed by atoms with E-state index in [1.54, 1.807) is 0 Å². The highest BCUT2D eigenvalue weighted by Crippen LogP contribution is 2.40. The maximum absolute atomic E-state index is 5.59. The summed E-state index contributed by atoms with van der Waals surface area (Å²) < 4.78 is 5.59. The lowest BCUT2D eigenvalue weighted by Crippen LogP contribution is -2.43. The number of guanidine groups is 1. The van der Waals surface area contributed by atoms with E-state index in [0.29, 0.717) is 5.41 Å². The lowest BCUT2D eigenvalue weighted by molar-refractivity contribution is 0.105. The molecule has 0 radical (unpaired) electrons. The summed E-state index contributed by atoms with van der Waals surface area (Å²) in [7, 11) is 1.84. The summed E-state index contributed by atoms with van der Waals surface area (Å²) in [6, 6.07) is 8.62. The summed E-state index contributed by atoms with van der Waals surface area (Å²) in [4.78, 5) is 4.37. The Morgan fingerprint density at radius 2 is 1.84 bits per heavy atom. The minimum atomic E-state index is 0. The van der Waals surface area contributed by atoms with Gasteiger partial charge in [0, 0.05) is 33.4 Å². The van der Waals surface area contributed by atoms with Crippen molar-refractivity contribution in [2.45, 2.75) is 52.5 Å². The Labute approximate surface area is 170 Å². The number of nitrogens with zero attached hydrogens (tertiary/aromatic N) is 1. The lowest BCUT2D eigenvalue weighted by Gasteiger charge is -2.30. The van der Waals surface area contributed by atoms with Gasteiger partial charge in [-0.3, -0.25) is 4.99 Å². The Morgan fingerprint density at radius 3 is 2.44 bits per heavy atom. The molecule has 0 saturated heterocycles. The summed E-state index contributed by atoms with van der Waals surface area (Å²) in [5.74, 6) is 0.887. The molecule has 1 aromatic carbocycles. The standard InChI is InChI=1S/C20H33N3O.HI/c1-4-24-14-13-20(11-5-6-12-20)16-23-19(21-3)22-15-18-9-7-17(2)8-10-18;/h7-10H,4-6,11-16H2,1-3H3,(H2,21,22,23);1H. The fraction of sp³-hybridized carbons (Fsp3) is 0.650. The van der Waals surface area contributed by atoms with Crippen LogP contribution in [-0.2, 0) is 11.3 Å². The first-order valence-electron chi connectivity index (χ1n) is 9.25. The average molecular weight is 459 g/mol. The van der Waals surface area contributed by atoms with Crippen LogP contribution >= 0.6 is 24.0 Å². The van der Waals surface area contributed by atoms with E-state index >= 15 is 0 Å². The minimum absolute atomic E-state index is 0. The molecule has 1 aromatic rings. The average Bonchev–Trinajstić information content (AvgIpc) is 3.06. The van der Waals surface area contributed by atoms with Crippen molar-refractivity contribution in [3.8, 4) is 0 Å². The largest absolute Gasteiger partial charge is 0.382 e. The van der Waals surface area contributed by atoms with Crippen LogP contribution in [0.1, 0.15) is 50.2 Å². The van der Waals surface area contributed by atoms with Gasteiger partial charge in [0.05, 0.1) is 0 Å². The highest BCUT2D eigenvalue weighted by Gasteiger charge is 2.33. The maximum Gasteiger partial charge on any atom is 0.191 e. The fourth-order valence-corrected chi connectivity index (χ4v) is 3.46. The zero-order valence-corrected chi connectivity index (χ0v) is 18.3. The number of ether oxygens (including phenoxy) is 1. The number of nitrogens with one attached hydrogen (secondary N) is 2. The van der Waals surface area contributed by atoms with Gasteiger partial charge >= 0.3 is 0 Å². The van der Waals surface area contributed by atoms with E-state index < -0.39 is 0 Å². The van der Waals surface area contributed by atoms with Crippen LogP contribution in [-0.4, -0.2) is 32.8 Å². The van der Waals surface area contributed by atoms with Gasteiger partial charge in [-0.25, -0.2) is 0 Å². The predicted octanol–water partition coefficient (Wildman–Crippen LogP) is 4.27. The molecule has 1 aliphatic rings. The van der Waals surface area contributed by atoms with Crippen molar-refractivity contribution in [2.24, 2.45) is 10.4 Å². The van der Waals surface area contributed by atoms with Gasteiger partial charge < -0.3 is 15.4 Å². The van der Waals surface area contributed by atoms with Gasteiger partial charge in [-0.1, -0.05) is 42.7 Å². The summed E-state index contributed by atoms with van der Waals surface area (Å²) >= 11 is 0. The topological polar surface area (TPSA) is 45.6 Å². The fourth-order valence-electron chi connectivity index (χ4n) is 3.46. The highest BCUT2D eigenvalue weighted by atomic mass is 127. The molecule has 0 spiro atoms. The monoisotopic (exact) mass is 459 g/mol. The van der Waals surface area contributed by atoms with E-state index in [9.17, 15) is 0 Å². The van der Waals surface area contributed by atoms with Crippen LogP contribution < -0.4 is 10.6 Å². The van der Waals surface area contributed by atoms with Crippen molar-refractivity contribution in [3.63, 3.8) is 0 Å². The molecule has 1 aliphatic carbocycles. The normalized spacial score (nSPS) is 16.4. The Balaban J connectivity index is 0.00000312. The van der Waals surface area contributed by atoms with Crippen molar-refractivity contribution in [1.82, 2.24) is 10.6 Å². The van der Waals surface area contributed by atoms with Crippen molar-refractivity contribution in [3.05, 3.63) is 35.4 Å². The van der Waals surface area contributed by atoms with Crippen molar-refractivity contribution in [2.75, 3.05) is 26.8 Å². The van der Waals surface area contributed by atoms with Crippen LogP contribution in [0.15, 0.2) is 29.3 Å². The predicted molar refractivity (Wildman–Crippen MR) is 117 cm³/mol. The molecule has 2 rings (SSSR count). The second-order valence-electron chi connectivity index (χ2n) is 6.92. The number of aliphatic imine (C=N–C) groups is 1. The first-order valence-corrected chi connectivity index (χ1v) is 9.25. The molecular formula is C20H34IN3O. The molecule has 5 heteroatoms. The second kappa shape index (κ2) is 11.7. The Hall–Kier alpha value is -0.820. The van der Waals surface area contributed by atoms with Gasteiger partial charge in [-0.05, 0) is 44.1 Å². The molecular weight excluding hydrogens is 425 g/mol. The highest BCUT2D eigenvalue weighted by molar-refractivity contribution is 14.0. The second-order valence-corrected chi connectivity index (χ2v) is 6.92. The van der Waals surface area contributed by atoms with Crippen LogP contribution in [0.3, 0.4) is 0 Å². The summed E-state index contributed by atoms with van der Waals surface area (Å²) in [6.45, 7) is 7.63. The van der Waals surface area contributed by atoms with Crippen molar-refractivity contribution < 1.29 is 4.74 Å². The maximum atomic E-state index is 5.59. The van der Waals surface area contributed by atoms with Gasteiger partial charge in [0.1, 0.15) is 0 Å². The summed E-state index contributed by atoms with van der Waals surface area (Å²) in [5, 5.41) is 6.97. The first kappa shape index (κ1) is 22.2. The molecule has 0 aliphatic heterocycles. The van der Waals surface area contributed by atoms with Crippen LogP contribution in [0.2, 0.25) is 0 Å². The number of rotatable bonds is 8. The molecule has 0 amide bonds. The molecule has 0 bridgehead atoms. The molecule has 1 fully saturated rings. The molecule has 0 heterocycles. The van der Waals surface area contributed by atoms with Gasteiger partial charge in [0.25, 0.3) is 0 Å². The molecule has 0 aromatic heterocycles. The Kier molecular flexibility index (Phi) is 10.4. The van der Waals surface area contributed by atoms with E-state index in [1.165, 1.54) is 36.8 Å². The third-order valence-corrected chi connectivity index (χ3v) is 5.08. The van der Waals surface area contributed by atoms with E-state index in [0.717, 1.165) is 38.7 Å². The first-order chi connectivity index (χ1) is 11.7. The van der Waals surface area contributed by atoms with Crippen LogP contribution in [0.4, 0.5) is 0 Å². The lowest BCUT2D eigenvalue weighted by atomic mass is 9.83. The van der Waals surface area contributed by atoms with Crippen molar-refractivity contribution in [1.29, 1.82) is 0 Å². The number of hydrogen-bond donors (Lipinski definition) is 2. The van der Waals surface area contributed by atoms with Gasteiger partial charge in [-0.2, -0.15) is 0 Å². The third-order valence-electron chi connectivity index (χ3n) is 5.08. The molecule has 4 nitrogen and oxygen atoms in total. The number of aryl methyl sites for hydroxylation is 1. The van der Waals surface area contributed by atoms with Crippen LogP contribution in [0.25, 0.3) is 0 Å². The number of halogens is 1. The summed E-state index contributed by atoms with van der Waals surface area (Å²) in [6.07, 6.45) is 6.40. The van der Waals surface area contributed by atoms with E-state index in [-0.39, 0.29) is 24.0 Å². The van der Waals surface area contributed by atoms with Gasteiger partial charge in [0.15, 0.2) is 5.96 Å². The number of benzene rings is 1.